The number of hydrogen-bond donors (Lipinski definition) is 2. The highest BCUT2D eigenvalue weighted by Crippen LogP contribution is 2.40. The van der Waals surface area contributed by atoms with Crippen LogP contribution in [0.15, 0.2) is 83.2 Å². The maximum atomic E-state index is 13.6. The van der Waals surface area contributed by atoms with Crippen LogP contribution in [0.2, 0.25) is 10.0 Å². The molecule has 1 amide bonds. The molecule has 3 aromatic carbocycles. The lowest BCUT2D eigenvalue weighted by molar-refractivity contribution is -0.113. The summed E-state index contributed by atoms with van der Waals surface area (Å²) < 4.78 is 1.73. The van der Waals surface area contributed by atoms with E-state index in [0.29, 0.717) is 43.7 Å². The van der Waals surface area contributed by atoms with E-state index >= 15 is 0 Å². The molecule has 2 N–H and O–H groups in total. The molecule has 0 spiro atoms. The summed E-state index contributed by atoms with van der Waals surface area (Å²) in [6.45, 7) is 6.06. The number of benzene rings is 3. The fourth-order valence-corrected chi connectivity index (χ4v) is 5.78. The predicted octanol–water partition coefficient (Wildman–Crippen LogP) is 7.42. The van der Waals surface area contributed by atoms with Gasteiger partial charge in [0.2, 0.25) is 11.1 Å². The maximum Gasteiger partial charge on any atom is 0.255 e. The normalized spacial score (nSPS) is 14.8. The molecule has 188 valence electrons. The molecule has 1 atom stereocenters. The van der Waals surface area contributed by atoms with Crippen molar-refractivity contribution in [1.82, 2.24) is 14.8 Å². The summed E-state index contributed by atoms with van der Waals surface area (Å²) in [4.78, 5) is 18.3. The van der Waals surface area contributed by atoms with E-state index in [1.165, 1.54) is 16.7 Å². The summed E-state index contributed by atoms with van der Waals surface area (Å²) in [5.41, 5.74) is 6.27. The second-order valence-corrected chi connectivity index (χ2v) is 10.7. The second kappa shape index (κ2) is 10.6. The number of nitrogens with zero attached hydrogens (tertiary/aromatic N) is 3. The average Bonchev–Trinajstić information content (AvgIpc) is 3.26. The summed E-state index contributed by atoms with van der Waals surface area (Å²) in [6.07, 6.45) is 0. The number of rotatable bonds is 6. The van der Waals surface area contributed by atoms with Crippen LogP contribution in [0.5, 0.6) is 0 Å². The van der Waals surface area contributed by atoms with Crippen molar-refractivity contribution < 1.29 is 4.79 Å². The van der Waals surface area contributed by atoms with Crippen LogP contribution < -0.4 is 10.6 Å². The van der Waals surface area contributed by atoms with Gasteiger partial charge in [0.1, 0.15) is 6.04 Å². The van der Waals surface area contributed by atoms with Gasteiger partial charge in [0.25, 0.3) is 5.91 Å². The lowest BCUT2D eigenvalue weighted by atomic mass is 9.95. The van der Waals surface area contributed by atoms with Crippen LogP contribution in [0.3, 0.4) is 0 Å². The Labute approximate surface area is 230 Å². The minimum atomic E-state index is -0.590. The molecule has 1 aliphatic rings. The molecule has 2 heterocycles. The van der Waals surface area contributed by atoms with E-state index in [2.05, 4.69) is 42.7 Å². The molecule has 0 saturated carbocycles. The largest absolute Gasteiger partial charge is 0.328 e. The molecular weight excluding hydrogens is 525 g/mol. The van der Waals surface area contributed by atoms with E-state index in [-0.39, 0.29) is 5.91 Å². The summed E-state index contributed by atoms with van der Waals surface area (Å²) >= 11 is 14.4. The molecule has 5 rings (SSSR count). The second-order valence-electron chi connectivity index (χ2n) is 8.93. The molecule has 4 aromatic rings. The molecule has 1 aliphatic heterocycles. The lowest BCUT2D eigenvalue weighted by Gasteiger charge is -2.29. The number of nitrogens with one attached hydrogen (secondary N) is 2. The van der Waals surface area contributed by atoms with E-state index in [1.54, 1.807) is 28.6 Å². The van der Waals surface area contributed by atoms with E-state index in [1.807, 2.05) is 43.3 Å². The Kier molecular flexibility index (Phi) is 7.29. The zero-order chi connectivity index (χ0) is 26.1. The molecule has 0 fully saturated rings. The zero-order valence-electron chi connectivity index (χ0n) is 20.5. The lowest BCUT2D eigenvalue weighted by Crippen LogP contribution is -2.31. The number of carbonyl (C=O) groups is 1. The number of carbonyl (C=O) groups excluding carboxylic acids is 1. The van der Waals surface area contributed by atoms with Crippen LogP contribution in [-0.2, 0) is 10.5 Å². The van der Waals surface area contributed by atoms with Gasteiger partial charge in [-0.1, -0.05) is 83.0 Å². The molecule has 0 aliphatic carbocycles. The van der Waals surface area contributed by atoms with Crippen LogP contribution in [0.4, 0.5) is 11.6 Å². The molecule has 0 bridgehead atoms. The van der Waals surface area contributed by atoms with E-state index < -0.39 is 6.04 Å². The van der Waals surface area contributed by atoms with Gasteiger partial charge in [-0.25, -0.2) is 4.68 Å². The van der Waals surface area contributed by atoms with E-state index in [0.717, 1.165) is 5.75 Å². The number of amides is 1. The smallest absolute Gasteiger partial charge is 0.255 e. The van der Waals surface area contributed by atoms with Gasteiger partial charge in [-0.05, 0) is 56.2 Å². The third-order valence-corrected chi connectivity index (χ3v) is 7.67. The summed E-state index contributed by atoms with van der Waals surface area (Å²) in [7, 11) is 0. The highest BCUT2D eigenvalue weighted by molar-refractivity contribution is 7.98. The first-order chi connectivity index (χ1) is 17.8. The first kappa shape index (κ1) is 25.4. The summed E-state index contributed by atoms with van der Waals surface area (Å²) in [5.74, 6) is 1.03. The Morgan fingerprint density at radius 3 is 2.57 bits per heavy atom. The quantitative estimate of drug-likeness (QED) is 0.245. The molecule has 6 nitrogen and oxygen atoms in total. The molecule has 1 aromatic heterocycles. The number of thioether (sulfide) groups is 1. The first-order valence-corrected chi connectivity index (χ1v) is 13.5. The number of halogens is 2. The van der Waals surface area contributed by atoms with Gasteiger partial charge in [0.15, 0.2) is 0 Å². The van der Waals surface area contributed by atoms with Gasteiger partial charge in [-0.15, -0.1) is 5.10 Å². The van der Waals surface area contributed by atoms with Crippen LogP contribution >= 0.6 is 35.0 Å². The first-order valence-electron chi connectivity index (χ1n) is 11.7. The van der Waals surface area contributed by atoms with Crippen molar-refractivity contribution in [2.24, 2.45) is 0 Å². The maximum absolute atomic E-state index is 13.6. The van der Waals surface area contributed by atoms with Gasteiger partial charge in [-0.3, -0.25) is 4.79 Å². The Balaban J connectivity index is 1.51. The topological polar surface area (TPSA) is 71.8 Å². The monoisotopic (exact) mass is 549 g/mol. The average molecular weight is 551 g/mol. The standard InChI is InChI=1S/C28H25Cl2N5OS/c1-16-9-10-19(17(2)13-16)15-37-28-33-27-31-18(3)24(26(36)32-21-7-5-4-6-8-21)25(35(27)34-28)22-12-11-20(29)14-23(22)30/h4-14,25H,15H2,1-3H3,(H,32,36)(H,31,33,34)/t25-/m0/s1. The van der Waals surface area contributed by atoms with Crippen LogP contribution in [0.25, 0.3) is 0 Å². The van der Waals surface area contributed by atoms with Gasteiger partial charge in [-0.2, -0.15) is 4.98 Å². The molecule has 0 radical (unpaired) electrons. The number of aryl methyl sites for hydroxylation is 2. The van der Waals surface area contributed by atoms with Crippen molar-refractivity contribution >= 4 is 52.5 Å². The Morgan fingerprint density at radius 1 is 1.05 bits per heavy atom. The summed E-state index contributed by atoms with van der Waals surface area (Å²) in [5, 5.41) is 12.6. The minimum Gasteiger partial charge on any atom is -0.328 e. The van der Waals surface area contributed by atoms with Gasteiger partial charge in [0, 0.05) is 32.7 Å². The van der Waals surface area contributed by atoms with E-state index in [9.17, 15) is 4.79 Å². The van der Waals surface area contributed by atoms with Crippen molar-refractivity contribution in [2.45, 2.75) is 37.7 Å². The highest BCUT2D eigenvalue weighted by Gasteiger charge is 2.35. The van der Waals surface area contributed by atoms with Crippen LogP contribution in [0, 0.1) is 13.8 Å². The van der Waals surface area contributed by atoms with Crippen molar-refractivity contribution in [3.05, 3.63) is 110 Å². The molecule has 9 heteroatoms. The van der Waals surface area contributed by atoms with Gasteiger partial charge >= 0.3 is 0 Å². The fraction of sp³-hybridized carbons (Fsp3) is 0.179. The molecule has 0 saturated heterocycles. The number of anilines is 2. The van der Waals surface area contributed by atoms with Crippen LogP contribution in [0.1, 0.15) is 35.2 Å². The van der Waals surface area contributed by atoms with Crippen molar-refractivity contribution in [3.63, 3.8) is 0 Å². The molecule has 37 heavy (non-hydrogen) atoms. The fourth-order valence-electron chi connectivity index (χ4n) is 4.37. The van der Waals surface area contributed by atoms with Crippen molar-refractivity contribution in [2.75, 3.05) is 10.6 Å². The third kappa shape index (κ3) is 5.39. The minimum absolute atomic E-state index is 0.252. The van der Waals surface area contributed by atoms with Crippen LogP contribution in [-0.4, -0.2) is 20.7 Å². The Hall–Kier alpha value is -3.26. The molecular formula is C28H25Cl2N5OS. The third-order valence-electron chi connectivity index (χ3n) is 6.22. The number of para-hydroxylation sites is 1. The highest BCUT2D eigenvalue weighted by atomic mass is 35.5. The Morgan fingerprint density at radius 2 is 1.84 bits per heavy atom. The number of allylic oxidation sites excluding steroid dienone is 1. The van der Waals surface area contributed by atoms with Crippen molar-refractivity contribution in [3.8, 4) is 0 Å². The Bertz CT molecular complexity index is 1520. The van der Waals surface area contributed by atoms with Crippen molar-refractivity contribution in [1.29, 1.82) is 0 Å². The summed E-state index contributed by atoms with van der Waals surface area (Å²) in [6, 6.07) is 20.4. The van der Waals surface area contributed by atoms with E-state index in [4.69, 9.17) is 33.3 Å². The van der Waals surface area contributed by atoms with Gasteiger partial charge < -0.3 is 10.6 Å². The zero-order valence-corrected chi connectivity index (χ0v) is 22.9. The number of fused-ring (bicyclic) bond motifs is 1. The predicted molar refractivity (Wildman–Crippen MR) is 151 cm³/mol. The van der Waals surface area contributed by atoms with Gasteiger partial charge in [0.05, 0.1) is 5.57 Å². The number of aromatic nitrogens is 3. The molecule has 0 unspecified atom stereocenters. The SMILES string of the molecule is CC1=C(C(=O)Nc2ccccc2)[C@H](c2ccc(Cl)cc2Cl)n2nc(SCc3ccc(C)cc3C)nc2N1. The number of hydrogen-bond acceptors (Lipinski definition) is 5.